The summed E-state index contributed by atoms with van der Waals surface area (Å²) in [6, 6.07) is 2.58. The van der Waals surface area contributed by atoms with E-state index < -0.39 is 16.1 Å². The normalized spacial score (nSPS) is 13.6. The molecule has 0 aliphatic carbocycles. The zero-order valence-corrected chi connectivity index (χ0v) is 12.0. The highest BCUT2D eigenvalue weighted by molar-refractivity contribution is 9.10. The van der Waals surface area contributed by atoms with Crippen molar-refractivity contribution in [1.29, 1.82) is 0 Å². The average Bonchev–Trinajstić information content (AvgIpc) is 2.22. The van der Waals surface area contributed by atoms with Crippen molar-refractivity contribution in [1.82, 2.24) is 4.72 Å². The minimum absolute atomic E-state index is 0.115. The van der Waals surface area contributed by atoms with Gasteiger partial charge in [0.05, 0.1) is 11.5 Å². The zero-order chi connectivity index (χ0) is 13.2. The van der Waals surface area contributed by atoms with Gasteiger partial charge in [-0.3, -0.25) is 0 Å². The Morgan fingerprint density at radius 2 is 2.12 bits per heavy atom. The molecule has 0 saturated carbocycles. The fourth-order valence-corrected chi connectivity index (χ4v) is 3.48. The van der Waals surface area contributed by atoms with Crippen LogP contribution in [0.4, 0.5) is 5.69 Å². The summed E-state index contributed by atoms with van der Waals surface area (Å²) < 4.78 is 27.0. The molecule has 0 amide bonds. The molecular formula is C10H15BrN2O3S. The molecule has 0 heterocycles. The van der Waals surface area contributed by atoms with Crippen LogP contribution >= 0.6 is 15.9 Å². The van der Waals surface area contributed by atoms with Crippen LogP contribution in [0.15, 0.2) is 21.5 Å². The molecule has 0 aliphatic rings. The first-order valence-electron chi connectivity index (χ1n) is 4.96. The molecule has 1 aromatic rings. The van der Waals surface area contributed by atoms with E-state index in [-0.39, 0.29) is 11.5 Å². The van der Waals surface area contributed by atoms with Crippen molar-refractivity contribution >= 4 is 31.6 Å². The molecule has 0 saturated heterocycles. The van der Waals surface area contributed by atoms with Gasteiger partial charge in [-0.1, -0.05) is 15.9 Å². The molecule has 1 rings (SSSR count). The molecule has 0 aromatic heterocycles. The van der Waals surface area contributed by atoms with Crippen molar-refractivity contribution in [3.05, 3.63) is 22.2 Å². The average molecular weight is 323 g/mol. The van der Waals surface area contributed by atoms with E-state index >= 15 is 0 Å². The molecule has 5 nitrogen and oxygen atoms in total. The van der Waals surface area contributed by atoms with E-state index in [2.05, 4.69) is 20.7 Å². The number of rotatable bonds is 4. The van der Waals surface area contributed by atoms with Gasteiger partial charge in [0.15, 0.2) is 0 Å². The second kappa shape index (κ2) is 5.34. The second-order valence-electron chi connectivity index (χ2n) is 3.82. The number of sulfonamides is 1. The summed E-state index contributed by atoms with van der Waals surface area (Å²) in [4.78, 5) is 0.115. The molecule has 7 heteroatoms. The maximum Gasteiger partial charge on any atom is 0.241 e. The first kappa shape index (κ1) is 14.4. The van der Waals surface area contributed by atoms with E-state index in [0.717, 1.165) is 0 Å². The van der Waals surface area contributed by atoms with Crippen LogP contribution in [-0.2, 0) is 10.0 Å². The third-order valence-electron chi connectivity index (χ3n) is 2.28. The van der Waals surface area contributed by atoms with Gasteiger partial charge in [0.2, 0.25) is 10.0 Å². The summed E-state index contributed by atoms with van der Waals surface area (Å²) in [6.07, 6.45) is 0. The highest BCUT2D eigenvalue weighted by Crippen LogP contribution is 2.26. The summed E-state index contributed by atoms with van der Waals surface area (Å²) in [5.74, 6) is 0. The number of halogens is 1. The molecular weight excluding hydrogens is 308 g/mol. The van der Waals surface area contributed by atoms with Gasteiger partial charge < -0.3 is 10.8 Å². The van der Waals surface area contributed by atoms with Crippen LogP contribution in [0.5, 0.6) is 0 Å². The van der Waals surface area contributed by atoms with Crippen molar-refractivity contribution in [2.24, 2.45) is 0 Å². The van der Waals surface area contributed by atoms with E-state index in [0.29, 0.717) is 15.7 Å². The number of nitrogens with two attached hydrogens (primary N) is 1. The molecule has 1 unspecified atom stereocenters. The topological polar surface area (TPSA) is 92.4 Å². The lowest BCUT2D eigenvalue weighted by atomic mass is 10.2. The van der Waals surface area contributed by atoms with Crippen molar-refractivity contribution < 1.29 is 13.5 Å². The van der Waals surface area contributed by atoms with E-state index in [1.54, 1.807) is 19.9 Å². The number of aliphatic hydroxyl groups excluding tert-OH is 1. The lowest BCUT2D eigenvalue weighted by Gasteiger charge is -2.14. The van der Waals surface area contributed by atoms with Gasteiger partial charge in [-0.25, -0.2) is 13.1 Å². The monoisotopic (exact) mass is 322 g/mol. The molecule has 96 valence electrons. The predicted molar refractivity (Wildman–Crippen MR) is 70.2 cm³/mol. The molecule has 0 fully saturated rings. The van der Waals surface area contributed by atoms with Crippen molar-refractivity contribution in [2.75, 3.05) is 12.3 Å². The Morgan fingerprint density at radius 3 is 2.65 bits per heavy atom. The second-order valence-corrected chi connectivity index (χ2v) is 6.42. The highest BCUT2D eigenvalue weighted by atomic mass is 79.9. The van der Waals surface area contributed by atoms with Gasteiger partial charge in [-0.15, -0.1) is 0 Å². The third-order valence-corrected chi connectivity index (χ3v) is 4.46. The smallest absolute Gasteiger partial charge is 0.241 e. The van der Waals surface area contributed by atoms with Crippen molar-refractivity contribution in [2.45, 2.75) is 24.8 Å². The third kappa shape index (κ3) is 3.41. The predicted octanol–water partition coefficient (Wildman–Crippen LogP) is 0.999. The standard InChI is InChI=1S/C10H15BrN2O3S/c1-6(5-14)13-17(15,16)10-4-8(11)3-9(12)7(10)2/h3-4,6,13-14H,5,12H2,1-2H3. The number of benzene rings is 1. The van der Waals surface area contributed by atoms with Crippen LogP contribution in [0.1, 0.15) is 12.5 Å². The summed E-state index contributed by atoms with van der Waals surface area (Å²) in [7, 11) is -3.67. The van der Waals surface area contributed by atoms with Gasteiger partial charge in [0.1, 0.15) is 0 Å². The number of nitrogen functional groups attached to an aromatic ring is 1. The maximum absolute atomic E-state index is 12.0. The quantitative estimate of drug-likeness (QED) is 0.721. The first-order valence-corrected chi connectivity index (χ1v) is 7.24. The number of anilines is 1. The van der Waals surface area contributed by atoms with E-state index in [1.165, 1.54) is 6.07 Å². The Kier molecular flexibility index (Phi) is 4.54. The molecule has 0 radical (unpaired) electrons. The Balaban J connectivity index is 3.24. The molecule has 4 N–H and O–H groups in total. The fourth-order valence-electron chi connectivity index (χ4n) is 1.32. The van der Waals surface area contributed by atoms with E-state index in [4.69, 9.17) is 10.8 Å². The number of aliphatic hydroxyl groups is 1. The molecule has 17 heavy (non-hydrogen) atoms. The minimum atomic E-state index is -3.67. The van der Waals surface area contributed by atoms with Gasteiger partial charge in [0.25, 0.3) is 0 Å². The summed E-state index contributed by atoms with van der Waals surface area (Å²) in [6.45, 7) is 2.95. The van der Waals surface area contributed by atoms with E-state index in [9.17, 15) is 8.42 Å². The largest absolute Gasteiger partial charge is 0.398 e. The van der Waals surface area contributed by atoms with Gasteiger partial charge in [-0.05, 0) is 31.5 Å². The summed E-state index contributed by atoms with van der Waals surface area (Å²) in [5.41, 5.74) is 6.60. The SMILES string of the molecule is Cc1c(N)cc(Br)cc1S(=O)(=O)NC(C)CO. The maximum atomic E-state index is 12.0. The van der Waals surface area contributed by atoms with Crippen molar-refractivity contribution in [3.63, 3.8) is 0 Å². The van der Waals surface area contributed by atoms with E-state index in [1.807, 2.05) is 0 Å². The molecule has 0 spiro atoms. The molecule has 1 atom stereocenters. The lowest BCUT2D eigenvalue weighted by molar-refractivity contribution is 0.265. The number of hydrogen-bond donors (Lipinski definition) is 3. The van der Waals surface area contributed by atoms with Crippen LogP contribution in [0.2, 0.25) is 0 Å². The summed E-state index contributed by atoms with van der Waals surface area (Å²) in [5, 5.41) is 8.86. The Morgan fingerprint density at radius 1 is 1.53 bits per heavy atom. The van der Waals surface area contributed by atoms with Gasteiger partial charge in [0, 0.05) is 16.2 Å². The summed E-state index contributed by atoms with van der Waals surface area (Å²) >= 11 is 3.20. The van der Waals surface area contributed by atoms with Crippen molar-refractivity contribution in [3.8, 4) is 0 Å². The number of nitrogens with one attached hydrogen (secondary N) is 1. The minimum Gasteiger partial charge on any atom is -0.398 e. The molecule has 0 aliphatic heterocycles. The Bertz CT molecular complexity index is 517. The Hall–Kier alpha value is -0.630. The van der Waals surface area contributed by atoms with Crippen LogP contribution in [-0.4, -0.2) is 26.2 Å². The van der Waals surface area contributed by atoms with Crippen LogP contribution < -0.4 is 10.5 Å². The first-order chi connectivity index (χ1) is 7.77. The Labute approximate surface area is 109 Å². The van der Waals surface area contributed by atoms with Gasteiger partial charge >= 0.3 is 0 Å². The van der Waals surface area contributed by atoms with Crippen LogP contribution in [0, 0.1) is 6.92 Å². The molecule has 0 bridgehead atoms. The number of hydrogen-bond acceptors (Lipinski definition) is 4. The van der Waals surface area contributed by atoms with Crippen LogP contribution in [0.25, 0.3) is 0 Å². The highest BCUT2D eigenvalue weighted by Gasteiger charge is 2.20. The molecule has 1 aromatic carbocycles. The lowest BCUT2D eigenvalue weighted by Crippen LogP contribution is -2.35. The zero-order valence-electron chi connectivity index (χ0n) is 9.57. The van der Waals surface area contributed by atoms with Gasteiger partial charge in [-0.2, -0.15) is 0 Å². The fraction of sp³-hybridized carbons (Fsp3) is 0.400. The van der Waals surface area contributed by atoms with Crippen LogP contribution in [0.3, 0.4) is 0 Å².